The summed E-state index contributed by atoms with van der Waals surface area (Å²) in [6.45, 7) is 5.33. The Balaban J connectivity index is 2.55. The van der Waals surface area contributed by atoms with Crippen molar-refractivity contribution in [3.05, 3.63) is 29.6 Å². The van der Waals surface area contributed by atoms with Gasteiger partial charge in [0.1, 0.15) is 5.69 Å². The van der Waals surface area contributed by atoms with Gasteiger partial charge in [0.05, 0.1) is 12.1 Å². The first-order valence-corrected chi connectivity index (χ1v) is 5.97. The summed E-state index contributed by atoms with van der Waals surface area (Å²) in [5, 5.41) is 13.8. The lowest BCUT2D eigenvalue weighted by Crippen LogP contribution is -2.45. The topological polar surface area (TPSA) is 108 Å². The molecule has 20 heavy (non-hydrogen) atoms. The first-order chi connectivity index (χ1) is 9.19. The molecule has 0 atom stereocenters. The molecule has 1 heterocycles. The van der Waals surface area contributed by atoms with Gasteiger partial charge in [0, 0.05) is 11.7 Å². The molecule has 108 valence electrons. The molecule has 0 fully saturated rings. The van der Waals surface area contributed by atoms with Gasteiger partial charge < -0.3 is 15.7 Å². The summed E-state index contributed by atoms with van der Waals surface area (Å²) < 4.78 is 0. The highest BCUT2D eigenvalue weighted by Gasteiger charge is 2.15. The minimum absolute atomic E-state index is 0.00738. The summed E-state index contributed by atoms with van der Waals surface area (Å²) in [6.07, 6.45) is 1.09. The molecule has 0 unspecified atom stereocenters. The Bertz CT molecular complexity index is 517. The Hall–Kier alpha value is -2.44. The maximum absolute atomic E-state index is 11.7. The zero-order valence-electron chi connectivity index (χ0n) is 11.6. The molecule has 1 aromatic heterocycles. The van der Waals surface area contributed by atoms with E-state index in [1.54, 1.807) is 0 Å². The van der Waals surface area contributed by atoms with Crippen LogP contribution in [0.25, 0.3) is 0 Å². The van der Waals surface area contributed by atoms with Crippen molar-refractivity contribution in [2.45, 2.75) is 26.3 Å². The van der Waals surface area contributed by atoms with E-state index in [4.69, 9.17) is 5.11 Å². The Labute approximate surface area is 116 Å². The van der Waals surface area contributed by atoms with Gasteiger partial charge in [0.25, 0.3) is 5.91 Å². The van der Waals surface area contributed by atoms with Gasteiger partial charge in [-0.3, -0.25) is 14.6 Å². The Morgan fingerprint density at radius 2 is 1.90 bits per heavy atom. The van der Waals surface area contributed by atoms with E-state index in [0.29, 0.717) is 0 Å². The van der Waals surface area contributed by atoms with Crippen molar-refractivity contribution in [2.24, 2.45) is 0 Å². The molecular weight excluding hydrogens is 262 g/mol. The highest BCUT2D eigenvalue weighted by atomic mass is 16.4. The summed E-state index contributed by atoms with van der Waals surface area (Å²) >= 11 is 0. The van der Waals surface area contributed by atoms with Crippen LogP contribution in [0.3, 0.4) is 0 Å². The number of hydrogen-bond acceptors (Lipinski definition) is 4. The number of carboxylic acids is 1. The molecule has 2 amide bonds. The lowest BCUT2D eigenvalue weighted by atomic mass is 10.1. The number of pyridine rings is 1. The minimum atomic E-state index is -1.12. The van der Waals surface area contributed by atoms with Crippen molar-refractivity contribution in [3.63, 3.8) is 0 Å². The molecule has 0 aromatic carbocycles. The summed E-state index contributed by atoms with van der Waals surface area (Å²) in [7, 11) is 0. The van der Waals surface area contributed by atoms with Gasteiger partial charge in [-0.15, -0.1) is 0 Å². The summed E-state index contributed by atoms with van der Waals surface area (Å²) in [5.74, 6) is -1.96. The molecule has 7 heteroatoms. The number of amides is 2. The molecule has 3 N–H and O–H groups in total. The van der Waals surface area contributed by atoms with Crippen molar-refractivity contribution in [1.29, 1.82) is 0 Å². The number of nitrogens with one attached hydrogen (secondary N) is 2. The zero-order valence-corrected chi connectivity index (χ0v) is 11.6. The van der Waals surface area contributed by atoms with E-state index in [0.717, 1.165) is 6.20 Å². The van der Waals surface area contributed by atoms with Crippen LogP contribution < -0.4 is 10.6 Å². The number of hydrogen-bond donors (Lipinski definition) is 3. The van der Waals surface area contributed by atoms with Crippen LogP contribution in [0.2, 0.25) is 0 Å². The van der Waals surface area contributed by atoms with Crippen LogP contribution in [0.5, 0.6) is 0 Å². The van der Waals surface area contributed by atoms with Gasteiger partial charge in [-0.2, -0.15) is 0 Å². The van der Waals surface area contributed by atoms with Crippen molar-refractivity contribution < 1.29 is 19.5 Å². The number of aromatic nitrogens is 1. The first-order valence-electron chi connectivity index (χ1n) is 5.97. The monoisotopic (exact) mass is 279 g/mol. The van der Waals surface area contributed by atoms with Crippen LogP contribution in [-0.4, -0.2) is 40.0 Å². The Kier molecular flexibility index (Phi) is 4.79. The van der Waals surface area contributed by atoms with Crippen molar-refractivity contribution in [3.8, 4) is 0 Å². The average molecular weight is 279 g/mol. The third kappa shape index (κ3) is 5.05. The number of carboxylic acid groups (broad SMARTS) is 1. The predicted molar refractivity (Wildman–Crippen MR) is 71.4 cm³/mol. The molecule has 1 aromatic rings. The fourth-order valence-electron chi connectivity index (χ4n) is 1.37. The second-order valence-corrected chi connectivity index (χ2v) is 5.22. The highest BCUT2D eigenvalue weighted by Crippen LogP contribution is 2.00. The average Bonchev–Trinajstić information content (AvgIpc) is 2.34. The quantitative estimate of drug-likeness (QED) is 0.740. The van der Waals surface area contributed by atoms with Crippen molar-refractivity contribution in [1.82, 2.24) is 15.6 Å². The number of nitrogens with zero attached hydrogens (tertiary/aromatic N) is 1. The maximum Gasteiger partial charge on any atom is 0.337 e. The lowest BCUT2D eigenvalue weighted by Gasteiger charge is -2.20. The van der Waals surface area contributed by atoms with E-state index in [1.165, 1.54) is 12.1 Å². The van der Waals surface area contributed by atoms with Gasteiger partial charge in [0.2, 0.25) is 5.91 Å². The van der Waals surface area contributed by atoms with Gasteiger partial charge in [-0.25, -0.2) is 4.79 Å². The standard InChI is InChI=1S/C13H17N3O4/c1-13(2,3)16-10(17)7-15-11(18)9-5-4-8(6-14-9)12(19)20/h4-6H,7H2,1-3H3,(H,15,18)(H,16,17)(H,19,20). The van der Waals surface area contributed by atoms with Gasteiger partial charge >= 0.3 is 5.97 Å². The Morgan fingerprint density at radius 1 is 1.25 bits per heavy atom. The van der Waals surface area contributed by atoms with E-state index in [2.05, 4.69) is 15.6 Å². The van der Waals surface area contributed by atoms with Crippen LogP contribution >= 0.6 is 0 Å². The first kappa shape index (κ1) is 15.6. The zero-order chi connectivity index (χ0) is 15.3. The lowest BCUT2D eigenvalue weighted by molar-refractivity contribution is -0.121. The number of rotatable bonds is 4. The van der Waals surface area contributed by atoms with Crippen LogP contribution in [0, 0.1) is 0 Å². The summed E-state index contributed by atoms with van der Waals surface area (Å²) in [5.41, 5.74) is -0.325. The van der Waals surface area contributed by atoms with Crippen LogP contribution in [-0.2, 0) is 4.79 Å². The molecular formula is C13H17N3O4. The molecule has 0 spiro atoms. The SMILES string of the molecule is CC(C)(C)NC(=O)CNC(=O)c1ccc(C(=O)O)cn1. The Morgan fingerprint density at radius 3 is 2.35 bits per heavy atom. The van der Waals surface area contributed by atoms with Crippen molar-refractivity contribution >= 4 is 17.8 Å². The summed E-state index contributed by atoms with van der Waals surface area (Å²) in [4.78, 5) is 37.6. The second kappa shape index (κ2) is 6.14. The fourth-order valence-corrected chi connectivity index (χ4v) is 1.37. The number of carbonyl (C=O) groups is 3. The molecule has 7 nitrogen and oxygen atoms in total. The number of carbonyl (C=O) groups excluding carboxylic acids is 2. The summed E-state index contributed by atoms with van der Waals surface area (Å²) in [6, 6.07) is 2.57. The normalized spacial score (nSPS) is 10.8. The molecule has 0 saturated carbocycles. The molecule has 0 aliphatic rings. The molecule has 0 bridgehead atoms. The van der Waals surface area contributed by atoms with Crippen LogP contribution in [0.15, 0.2) is 18.3 Å². The van der Waals surface area contributed by atoms with Crippen LogP contribution in [0.1, 0.15) is 41.6 Å². The van der Waals surface area contributed by atoms with E-state index in [-0.39, 0.29) is 29.2 Å². The van der Waals surface area contributed by atoms with Gasteiger partial charge in [-0.1, -0.05) is 0 Å². The van der Waals surface area contributed by atoms with E-state index < -0.39 is 11.9 Å². The van der Waals surface area contributed by atoms with Gasteiger partial charge in [0.15, 0.2) is 0 Å². The smallest absolute Gasteiger partial charge is 0.337 e. The third-order valence-electron chi connectivity index (χ3n) is 2.17. The van der Waals surface area contributed by atoms with E-state index in [1.807, 2.05) is 20.8 Å². The largest absolute Gasteiger partial charge is 0.478 e. The van der Waals surface area contributed by atoms with Crippen LogP contribution in [0.4, 0.5) is 0 Å². The molecule has 0 aliphatic heterocycles. The molecule has 0 saturated heterocycles. The second-order valence-electron chi connectivity index (χ2n) is 5.22. The predicted octanol–water partition coefficient (Wildman–Crippen LogP) is 0.424. The number of aromatic carboxylic acids is 1. The maximum atomic E-state index is 11.7. The van der Waals surface area contributed by atoms with Crippen molar-refractivity contribution in [2.75, 3.05) is 6.54 Å². The highest BCUT2D eigenvalue weighted by molar-refractivity contribution is 5.95. The third-order valence-corrected chi connectivity index (χ3v) is 2.17. The van der Waals surface area contributed by atoms with Gasteiger partial charge in [-0.05, 0) is 32.9 Å². The molecule has 0 aliphatic carbocycles. The van der Waals surface area contributed by atoms with E-state index >= 15 is 0 Å². The molecule has 1 rings (SSSR count). The van der Waals surface area contributed by atoms with E-state index in [9.17, 15) is 14.4 Å². The minimum Gasteiger partial charge on any atom is -0.478 e. The molecule has 0 radical (unpaired) electrons. The fraction of sp³-hybridized carbons (Fsp3) is 0.385.